The van der Waals surface area contributed by atoms with E-state index in [9.17, 15) is 14.9 Å². The van der Waals surface area contributed by atoms with Crippen LogP contribution in [-0.4, -0.2) is 39.9 Å². The van der Waals surface area contributed by atoms with Crippen LogP contribution in [0, 0.1) is 10.1 Å². The molecule has 0 aliphatic rings. The SMILES string of the molecule is CCN(CC)c1ccc(/C=N/NC(=O)c2nn(Cc3cccc(Br)c3)cc2[N+](=O)[O-])cc1. The number of hydrazone groups is 1. The molecule has 1 amide bonds. The van der Waals surface area contributed by atoms with Crippen molar-refractivity contribution < 1.29 is 9.72 Å². The molecule has 1 heterocycles. The molecule has 9 nitrogen and oxygen atoms in total. The Morgan fingerprint density at radius 1 is 1.25 bits per heavy atom. The van der Waals surface area contributed by atoms with Gasteiger partial charge in [-0.15, -0.1) is 0 Å². The van der Waals surface area contributed by atoms with E-state index in [-0.39, 0.29) is 17.9 Å². The summed E-state index contributed by atoms with van der Waals surface area (Å²) >= 11 is 3.39. The molecule has 0 bridgehead atoms. The number of aromatic nitrogens is 2. The summed E-state index contributed by atoms with van der Waals surface area (Å²) in [7, 11) is 0. The Morgan fingerprint density at radius 2 is 1.97 bits per heavy atom. The molecule has 0 aliphatic carbocycles. The van der Waals surface area contributed by atoms with Crippen LogP contribution in [0.1, 0.15) is 35.5 Å². The van der Waals surface area contributed by atoms with E-state index in [4.69, 9.17) is 0 Å². The third-order valence-electron chi connectivity index (χ3n) is 4.79. The Labute approximate surface area is 194 Å². The highest BCUT2D eigenvalue weighted by atomic mass is 79.9. The summed E-state index contributed by atoms with van der Waals surface area (Å²) in [6, 6.07) is 15.2. The smallest absolute Gasteiger partial charge is 0.320 e. The van der Waals surface area contributed by atoms with Crippen LogP contribution in [0.2, 0.25) is 0 Å². The first-order valence-electron chi connectivity index (χ1n) is 10.1. The van der Waals surface area contributed by atoms with Gasteiger partial charge in [-0.1, -0.05) is 40.2 Å². The molecule has 0 saturated carbocycles. The third-order valence-corrected chi connectivity index (χ3v) is 5.28. The fourth-order valence-corrected chi connectivity index (χ4v) is 3.63. The van der Waals surface area contributed by atoms with Crippen molar-refractivity contribution in [2.75, 3.05) is 18.0 Å². The van der Waals surface area contributed by atoms with Gasteiger partial charge in [-0.2, -0.15) is 10.2 Å². The maximum Gasteiger partial charge on any atom is 0.320 e. The van der Waals surface area contributed by atoms with Gasteiger partial charge in [-0.25, -0.2) is 5.43 Å². The lowest BCUT2D eigenvalue weighted by atomic mass is 10.2. The predicted molar refractivity (Wildman–Crippen MR) is 127 cm³/mol. The summed E-state index contributed by atoms with van der Waals surface area (Å²) in [4.78, 5) is 25.5. The van der Waals surface area contributed by atoms with Gasteiger partial charge in [0.15, 0.2) is 0 Å². The van der Waals surface area contributed by atoms with E-state index >= 15 is 0 Å². The second-order valence-electron chi connectivity index (χ2n) is 6.91. The highest BCUT2D eigenvalue weighted by Gasteiger charge is 2.25. The van der Waals surface area contributed by atoms with Crippen molar-refractivity contribution in [3.05, 3.63) is 86.1 Å². The van der Waals surface area contributed by atoms with Crippen molar-refractivity contribution in [3.8, 4) is 0 Å². The Hall–Kier alpha value is -3.53. The summed E-state index contributed by atoms with van der Waals surface area (Å²) in [5.74, 6) is -0.749. The molecule has 3 aromatic rings. The molecular formula is C22H23BrN6O3. The van der Waals surface area contributed by atoms with Crippen LogP contribution < -0.4 is 10.3 Å². The first-order valence-corrected chi connectivity index (χ1v) is 10.8. The lowest BCUT2D eigenvalue weighted by molar-refractivity contribution is -0.385. The molecule has 0 aliphatic heterocycles. The van der Waals surface area contributed by atoms with Crippen molar-refractivity contribution in [1.82, 2.24) is 15.2 Å². The molecule has 0 spiro atoms. The zero-order chi connectivity index (χ0) is 23.1. The summed E-state index contributed by atoms with van der Waals surface area (Å²) in [6.45, 7) is 6.29. The number of amides is 1. The topological polar surface area (TPSA) is 106 Å². The highest BCUT2D eigenvalue weighted by molar-refractivity contribution is 9.10. The van der Waals surface area contributed by atoms with Gasteiger partial charge < -0.3 is 4.90 Å². The van der Waals surface area contributed by atoms with Crippen LogP contribution in [0.3, 0.4) is 0 Å². The number of carbonyl (C=O) groups excluding carboxylic acids is 1. The summed E-state index contributed by atoms with van der Waals surface area (Å²) in [6.07, 6.45) is 2.72. The lowest BCUT2D eigenvalue weighted by Gasteiger charge is -2.20. The molecule has 3 rings (SSSR count). The molecule has 32 heavy (non-hydrogen) atoms. The Morgan fingerprint density at radius 3 is 2.59 bits per heavy atom. The van der Waals surface area contributed by atoms with Crippen molar-refractivity contribution in [2.45, 2.75) is 20.4 Å². The monoisotopic (exact) mass is 498 g/mol. The van der Waals surface area contributed by atoms with E-state index in [1.165, 1.54) is 17.1 Å². The second-order valence-corrected chi connectivity index (χ2v) is 7.83. The van der Waals surface area contributed by atoms with E-state index < -0.39 is 10.8 Å². The largest absolute Gasteiger partial charge is 0.372 e. The second kappa shape index (κ2) is 10.7. The quantitative estimate of drug-likeness (QED) is 0.270. The van der Waals surface area contributed by atoms with Crippen molar-refractivity contribution >= 4 is 39.4 Å². The van der Waals surface area contributed by atoms with Crippen molar-refractivity contribution in [3.63, 3.8) is 0 Å². The van der Waals surface area contributed by atoms with Crippen molar-refractivity contribution in [1.29, 1.82) is 0 Å². The average Bonchev–Trinajstić information content (AvgIpc) is 3.20. The van der Waals surface area contributed by atoms with Crippen LogP contribution in [-0.2, 0) is 6.54 Å². The molecule has 0 unspecified atom stereocenters. The zero-order valence-corrected chi connectivity index (χ0v) is 19.3. The zero-order valence-electron chi connectivity index (χ0n) is 17.7. The molecule has 166 valence electrons. The number of nitrogens with one attached hydrogen (secondary N) is 1. The molecule has 1 aromatic heterocycles. The minimum Gasteiger partial charge on any atom is -0.372 e. The number of rotatable bonds is 9. The molecule has 0 radical (unpaired) electrons. The number of hydrogen-bond donors (Lipinski definition) is 1. The maximum atomic E-state index is 12.5. The van der Waals surface area contributed by atoms with Crippen LogP contribution in [0.4, 0.5) is 11.4 Å². The summed E-state index contributed by atoms with van der Waals surface area (Å²) in [5, 5.41) is 19.4. The van der Waals surface area contributed by atoms with Crippen LogP contribution in [0.25, 0.3) is 0 Å². The highest BCUT2D eigenvalue weighted by Crippen LogP contribution is 2.19. The van der Waals surface area contributed by atoms with E-state index in [1.54, 1.807) is 0 Å². The van der Waals surface area contributed by atoms with Gasteiger partial charge in [0, 0.05) is 23.2 Å². The number of nitrogens with zero attached hydrogens (tertiary/aromatic N) is 5. The van der Waals surface area contributed by atoms with Gasteiger partial charge in [0.2, 0.25) is 5.69 Å². The van der Waals surface area contributed by atoms with Crippen LogP contribution >= 0.6 is 15.9 Å². The molecular weight excluding hydrogens is 476 g/mol. The maximum absolute atomic E-state index is 12.5. The Balaban J connectivity index is 1.70. The first kappa shape index (κ1) is 23.1. The van der Waals surface area contributed by atoms with E-state index in [0.29, 0.717) is 0 Å². The standard InChI is InChI=1S/C22H23BrN6O3/c1-3-27(4-2)19-10-8-16(9-11-19)13-24-25-22(30)21-20(29(31)32)15-28(26-21)14-17-6-5-7-18(23)12-17/h5-13,15H,3-4,14H2,1-2H3,(H,25,30)/b24-13+. The van der Waals surface area contributed by atoms with E-state index in [1.807, 2.05) is 48.5 Å². The first-order chi connectivity index (χ1) is 15.4. The molecule has 2 aromatic carbocycles. The predicted octanol–water partition coefficient (Wildman–Crippen LogP) is 4.21. The van der Waals surface area contributed by atoms with Crippen molar-refractivity contribution in [2.24, 2.45) is 5.10 Å². The van der Waals surface area contributed by atoms with Crippen LogP contribution in [0.5, 0.6) is 0 Å². The van der Waals surface area contributed by atoms with E-state index in [2.05, 4.69) is 50.3 Å². The molecule has 1 N–H and O–H groups in total. The molecule has 0 fully saturated rings. The summed E-state index contributed by atoms with van der Waals surface area (Å²) < 4.78 is 2.25. The van der Waals surface area contributed by atoms with Gasteiger partial charge in [0.1, 0.15) is 6.20 Å². The minimum absolute atomic E-state index is 0.287. The minimum atomic E-state index is -0.749. The molecule has 0 atom stereocenters. The molecule has 0 saturated heterocycles. The number of benzene rings is 2. The summed E-state index contributed by atoms with van der Waals surface area (Å²) in [5.41, 5.74) is 4.42. The van der Waals surface area contributed by atoms with Gasteiger partial charge in [-0.05, 0) is 49.2 Å². The van der Waals surface area contributed by atoms with Gasteiger partial charge in [0.25, 0.3) is 5.91 Å². The third kappa shape index (κ3) is 5.79. The number of halogens is 1. The van der Waals surface area contributed by atoms with Gasteiger partial charge >= 0.3 is 5.69 Å². The van der Waals surface area contributed by atoms with E-state index in [0.717, 1.165) is 34.4 Å². The number of nitro groups is 1. The Kier molecular flexibility index (Phi) is 7.72. The van der Waals surface area contributed by atoms with Crippen LogP contribution in [0.15, 0.2) is 64.3 Å². The van der Waals surface area contributed by atoms with Gasteiger partial charge in [0.05, 0.1) is 17.7 Å². The number of carbonyl (C=O) groups is 1. The molecule has 10 heteroatoms. The number of anilines is 1. The number of hydrogen-bond acceptors (Lipinski definition) is 6. The fraction of sp³-hybridized carbons (Fsp3) is 0.227. The fourth-order valence-electron chi connectivity index (χ4n) is 3.19. The normalized spacial score (nSPS) is 11.0. The Bertz CT molecular complexity index is 1120. The lowest BCUT2D eigenvalue weighted by Crippen LogP contribution is -2.21. The van der Waals surface area contributed by atoms with Gasteiger partial charge in [-0.3, -0.25) is 19.6 Å². The average molecular weight is 499 g/mol.